The Balaban J connectivity index is 2.86. The summed E-state index contributed by atoms with van der Waals surface area (Å²) in [5.41, 5.74) is 0.471. The molecule has 0 spiro atoms. The van der Waals surface area contributed by atoms with Crippen molar-refractivity contribution in [1.82, 2.24) is 10.0 Å². The van der Waals surface area contributed by atoms with Crippen LogP contribution in [0.2, 0.25) is 0 Å². The quantitative estimate of drug-likeness (QED) is 0.801. The third kappa shape index (κ3) is 4.54. The lowest BCUT2D eigenvalue weighted by atomic mass is 10.1. The van der Waals surface area contributed by atoms with Crippen LogP contribution < -0.4 is 10.0 Å². The maximum absolute atomic E-state index is 12.2. The number of hydrogen-bond acceptors (Lipinski definition) is 5. The number of methoxy groups -OCH3 is 1. The highest BCUT2D eigenvalue weighted by Crippen LogP contribution is 2.26. The summed E-state index contributed by atoms with van der Waals surface area (Å²) in [7, 11) is -0.0587. The number of ether oxygens (including phenoxy) is 1. The van der Waals surface area contributed by atoms with Gasteiger partial charge in [-0.05, 0) is 39.4 Å². The monoisotopic (exact) mass is 306 g/mol. The van der Waals surface area contributed by atoms with Crippen molar-refractivity contribution >= 4 is 21.4 Å². The fraction of sp³-hybridized carbons (Fsp3) is 0.667. The van der Waals surface area contributed by atoms with Crippen molar-refractivity contribution < 1.29 is 13.2 Å². The molecule has 2 N–H and O–H groups in total. The fourth-order valence-electron chi connectivity index (χ4n) is 1.37. The Kier molecular flexibility index (Phi) is 5.52. The first-order valence-corrected chi connectivity index (χ1v) is 8.30. The number of nitrogens with one attached hydrogen (secondary N) is 2. The van der Waals surface area contributed by atoms with Gasteiger partial charge in [0, 0.05) is 25.1 Å². The standard InChI is InChI=1S/C12H22N2O3S2/c1-9-6-11(18-10(9)7-13-4)19(15,16)14-8-12(2,3)17-5/h6,13-14H,7-8H2,1-5H3. The molecule has 0 aliphatic heterocycles. The smallest absolute Gasteiger partial charge is 0.250 e. The van der Waals surface area contributed by atoms with Crippen molar-refractivity contribution in [1.29, 1.82) is 0 Å². The topological polar surface area (TPSA) is 67.4 Å². The van der Waals surface area contributed by atoms with Gasteiger partial charge in [-0.15, -0.1) is 11.3 Å². The van der Waals surface area contributed by atoms with Crippen molar-refractivity contribution in [2.75, 3.05) is 20.7 Å². The number of sulfonamides is 1. The van der Waals surface area contributed by atoms with Crippen LogP contribution in [0.5, 0.6) is 0 Å². The summed E-state index contributed by atoms with van der Waals surface area (Å²) < 4.78 is 32.5. The average Bonchev–Trinajstić information content (AvgIpc) is 2.70. The Morgan fingerprint density at radius 2 is 2.05 bits per heavy atom. The minimum absolute atomic E-state index is 0.240. The summed E-state index contributed by atoms with van der Waals surface area (Å²) in [5, 5.41) is 3.03. The second kappa shape index (κ2) is 6.32. The van der Waals surface area contributed by atoms with Gasteiger partial charge in [-0.1, -0.05) is 0 Å². The third-order valence-corrected chi connectivity index (χ3v) is 5.95. The van der Waals surface area contributed by atoms with Gasteiger partial charge < -0.3 is 10.1 Å². The fourth-order valence-corrected chi connectivity index (χ4v) is 4.21. The van der Waals surface area contributed by atoms with Crippen LogP contribution >= 0.6 is 11.3 Å². The summed E-state index contributed by atoms with van der Waals surface area (Å²) in [6.45, 7) is 6.50. The van der Waals surface area contributed by atoms with Crippen molar-refractivity contribution in [3.05, 3.63) is 16.5 Å². The van der Waals surface area contributed by atoms with E-state index in [2.05, 4.69) is 10.0 Å². The highest BCUT2D eigenvalue weighted by Gasteiger charge is 2.23. The molecule has 0 aliphatic rings. The van der Waals surface area contributed by atoms with E-state index in [-0.39, 0.29) is 6.54 Å². The van der Waals surface area contributed by atoms with Crippen LogP contribution in [0.4, 0.5) is 0 Å². The molecule has 0 fully saturated rings. The van der Waals surface area contributed by atoms with Crippen molar-refractivity contribution in [3.63, 3.8) is 0 Å². The molecule has 19 heavy (non-hydrogen) atoms. The third-order valence-electron chi connectivity index (χ3n) is 2.84. The summed E-state index contributed by atoms with van der Waals surface area (Å²) in [4.78, 5) is 1.04. The molecule has 1 aromatic heterocycles. The van der Waals surface area contributed by atoms with Crippen molar-refractivity contribution in [3.8, 4) is 0 Å². The zero-order valence-electron chi connectivity index (χ0n) is 12.0. The Labute approximate surface area is 119 Å². The molecule has 7 heteroatoms. The Morgan fingerprint density at radius 1 is 1.42 bits per heavy atom. The lowest BCUT2D eigenvalue weighted by molar-refractivity contribution is 0.0276. The molecule has 0 unspecified atom stereocenters. The first-order chi connectivity index (χ1) is 8.72. The number of aryl methyl sites for hydroxylation is 1. The zero-order valence-corrected chi connectivity index (χ0v) is 13.7. The maximum Gasteiger partial charge on any atom is 0.250 e. The van der Waals surface area contributed by atoms with E-state index in [0.717, 1.165) is 10.4 Å². The lowest BCUT2D eigenvalue weighted by Crippen LogP contribution is -2.39. The molecule has 1 rings (SSSR count). The molecule has 0 amide bonds. The van der Waals surface area contributed by atoms with Gasteiger partial charge in [-0.3, -0.25) is 0 Å². The Bertz CT molecular complexity index is 521. The summed E-state index contributed by atoms with van der Waals surface area (Å²) in [5.74, 6) is 0. The van der Waals surface area contributed by atoms with Gasteiger partial charge in [0.2, 0.25) is 10.0 Å². The van der Waals surface area contributed by atoms with Crippen LogP contribution in [0, 0.1) is 6.92 Å². The number of hydrogen-bond donors (Lipinski definition) is 2. The first-order valence-electron chi connectivity index (χ1n) is 6.00. The summed E-state index contributed by atoms with van der Waals surface area (Å²) in [6.07, 6.45) is 0. The van der Waals surface area contributed by atoms with Crippen LogP contribution in [0.1, 0.15) is 24.3 Å². The molecule has 0 atom stereocenters. The molecule has 1 heterocycles. The van der Waals surface area contributed by atoms with E-state index in [9.17, 15) is 8.42 Å². The molecular formula is C12H22N2O3S2. The highest BCUT2D eigenvalue weighted by molar-refractivity contribution is 7.91. The van der Waals surface area contributed by atoms with E-state index < -0.39 is 15.6 Å². The molecule has 0 radical (unpaired) electrons. The molecule has 0 saturated heterocycles. The second-order valence-electron chi connectivity index (χ2n) is 4.99. The SMILES string of the molecule is CNCc1sc(S(=O)(=O)NCC(C)(C)OC)cc1C. The Hall–Kier alpha value is -0.470. The molecule has 0 bridgehead atoms. The van der Waals surface area contributed by atoms with Gasteiger partial charge in [0.25, 0.3) is 0 Å². The van der Waals surface area contributed by atoms with E-state index in [1.807, 2.05) is 27.8 Å². The van der Waals surface area contributed by atoms with Gasteiger partial charge in [0.05, 0.1) is 5.60 Å². The van der Waals surface area contributed by atoms with Crippen LogP contribution in [-0.2, 0) is 21.3 Å². The van der Waals surface area contributed by atoms with E-state index in [0.29, 0.717) is 10.8 Å². The molecule has 0 saturated carbocycles. The van der Waals surface area contributed by atoms with Crippen molar-refractivity contribution in [2.45, 2.75) is 37.1 Å². The van der Waals surface area contributed by atoms with Crippen molar-refractivity contribution in [2.24, 2.45) is 0 Å². The zero-order chi connectivity index (χ0) is 14.7. The van der Waals surface area contributed by atoms with E-state index in [1.54, 1.807) is 13.2 Å². The molecule has 0 aliphatic carbocycles. The van der Waals surface area contributed by atoms with Gasteiger partial charge in [0.1, 0.15) is 4.21 Å². The maximum atomic E-state index is 12.2. The van der Waals surface area contributed by atoms with Crippen LogP contribution in [0.3, 0.4) is 0 Å². The summed E-state index contributed by atoms with van der Waals surface area (Å²) >= 11 is 1.30. The molecular weight excluding hydrogens is 284 g/mol. The number of rotatable bonds is 7. The van der Waals surface area contributed by atoms with Crippen LogP contribution in [0.15, 0.2) is 10.3 Å². The molecule has 5 nitrogen and oxygen atoms in total. The van der Waals surface area contributed by atoms with Gasteiger partial charge >= 0.3 is 0 Å². The van der Waals surface area contributed by atoms with Gasteiger partial charge in [0.15, 0.2) is 0 Å². The van der Waals surface area contributed by atoms with Crippen LogP contribution in [0.25, 0.3) is 0 Å². The number of thiophene rings is 1. The van der Waals surface area contributed by atoms with Crippen LogP contribution in [-0.4, -0.2) is 34.7 Å². The van der Waals surface area contributed by atoms with E-state index >= 15 is 0 Å². The molecule has 110 valence electrons. The van der Waals surface area contributed by atoms with E-state index in [4.69, 9.17) is 4.74 Å². The second-order valence-corrected chi connectivity index (χ2v) is 8.12. The average molecular weight is 306 g/mol. The lowest BCUT2D eigenvalue weighted by Gasteiger charge is -2.22. The van der Waals surface area contributed by atoms with Gasteiger partial charge in [-0.2, -0.15) is 0 Å². The summed E-state index contributed by atoms with van der Waals surface area (Å²) in [6, 6.07) is 1.71. The largest absolute Gasteiger partial charge is 0.377 e. The minimum atomic E-state index is -3.46. The highest BCUT2D eigenvalue weighted by atomic mass is 32.2. The predicted octanol–water partition coefficient (Wildman–Crippen LogP) is 1.48. The predicted molar refractivity (Wildman–Crippen MR) is 78.1 cm³/mol. The molecule has 0 aromatic carbocycles. The van der Waals surface area contributed by atoms with E-state index in [1.165, 1.54) is 11.3 Å². The molecule has 1 aromatic rings. The minimum Gasteiger partial charge on any atom is -0.377 e. The first kappa shape index (κ1) is 16.6. The normalized spacial score (nSPS) is 12.9. The van der Waals surface area contributed by atoms with Gasteiger partial charge in [-0.25, -0.2) is 13.1 Å². The Morgan fingerprint density at radius 3 is 2.58 bits per heavy atom.